The van der Waals surface area contributed by atoms with Crippen LogP contribution in [0.1, 0.15) is 45.3 Å². The second-order valence-corrected chi connectivity index (χ2v) is 4.60. The summed E-state index contributed by atoms with van der Waals surface area (Å²) in [6.07, 6.45) is 4.87. The first-order valence-corrected chi connectivity index (χ1v) is 6.79. The molecular formula is C13H26N4O. The minimum atomic E-state index is 0.219. The average molecular weight is 254 g/mol. The van der Waals surface area contributed by atoms with Gasteiger partial charge >= 0.3 is 0 Å². The molecule has 0 bridgehead atoms. The third kappa shape index (κ3) is 4.76. The van der Waals surface area contributed by atoms with Gasteiger partial charge in [-0.05, 0) is 32.8 Å². The number of aromatic nitrogens is 2. The molecule has 1 heterocycles. The van der Waals surface area contributed by atoms with Gasteiger partial charge in [-0.25, -0.2) is 0 Å². The summed E-state index contributed by atoms with van der Waals surface area (Å²) in [5.41, 5.74) is 3.91. The van der Waals surface area contributed by atoms with Crippen LogP contribution in [0.15, 0.2) is 12.3 Å². The van der Waals surface area contributed by atoms with E-state index in [1.54, 1.807) is 0 Å². The zero-order chi connectivity index (χ0) is 13.4. The molecule has 2 atom stereocenters. The molecule has 18 heavy (non-hydrogen) atoms. The summed E-state index contributed by atoms with van der Waals surface area (Å²) in [6.45, 7) is 7.82. The van der Waals surface area contributed by atoms with Gasteiger partial charge in [-0.2, -0.15) is 5.10 Å². The average Bonchev–Trinajstić information content (AvgIpc) is 2.85. The highest BCUT2D eigenvalue weighted by Gasteiger charge is 2.11. The van der Waals surface area contributed by atoms with Gasteiger partial charge in [-0.3, -0.25) is 16.0 Å². The first-order valence-electron chi connectivity index (χ1n) is 6.79. The smallest absolute Gasteiger partial charge is 0.0640 e. The lowest BCUT2D eigenvalue weighted by molar-refractivity contribution is 0.136. The van der Waals surface area contributed by atoms with Crippen molar-refractivity contribution in [1.29, 1.82) is 0 Å². The minimum Gasteiger partial charge on any atom is -0.382 e. The Morgan fingerprint density at radius 1 is 1.50 bits per heavy atom. The van der Waals surface area contributed by atoms with Gasteiger partial charge in [0.05, 0.1) is 5.69 Å². The third-order valence-electron chi connectivity index (χ3n) is 3.21. The van der Waals surface area contributed by atoms with Gasteiger partial charge in [-0.1, -0.05) is 6.92 Å². The van der Waals surface area contributed by atoms with Crippen LogP contribution < -0.4 is 11.3 Å². The van der Waals surface area contributed by atoms with Crippen molar-refractivity contribution in [3.05, 3.63) is 18.0 Å². The zero-order valence-electron chi connectivity index (χ0n) is 11.7. The second kappa shape index (κ2) is 8.24. The Morgan fingerprint density at radius 3 is 2.89 bits per heavy atom. The van der Waals surface area contributed by atoms with E-state index in [-0.39, 0.29) is 6.04 Å². The quantitative estimate of drug-likeness (QED) is 0.399. The fourth-order valence-electron chi connectivity index (χ4n) is 1.79. The Morgan fingerprint density at radius 2 is 2.28 bits per heavy atom. The monoisotopic (exact) mass is 254 g/mol. The number of ether oxygens (including phenoxy) is 1. The first kappa shape index (κ1) is 15.1. The van der Waals surface area contributed by atoms with Crippen LogP contribution in [0.5, 0.6) is 0 Å². The molecule has 0 aliphatic heterocycles. The van der Waals surface area contributed by atoms with Crippen LogP contribution in [-0.2, 0) is 11.2 Å². The molecule has 0 fully saturated rings. The summed E-state index contributed by atoms with van der Waals surface area (Å²) in [6, 6.07) is 2.74. The number of nitrogens with zero attached hydrogens (tertiary/aromatic N) is 2. The number of hydrogen-bond donors (Lipinski definition) is 2. The standard InChI is InChI=1S/C13H26N4O/c1-4-11(3)17-8-6-13(16-17)10-12(15-14)7-9-18-5-2/h6,8,11-12,15H,4-5,7,9-10,14H2,1-3H3. The lowest BCUT2D eigenvalue weighted by atomic mass is 10.1. The van der Waals surface area contributed by atoms with Gasteiger partial charge in [0.1, 0.15) is 0 Å². The molecule has 1 aromatic rings. The molecular weight excluding hydrogens is 228 g/mol. The fourth-order valence-corrected chi connectivity index (χ4v) is 1.79. The molecule has 1 rings (SSSR count). The van der Waals surface area contributed by atoms with E-state index in [1.807, 2.05) is 17.8 Å². The van der Waals surface area contributed by atoms with Gasteiger partial charge in [0.2, 0.25) is 0 Å². The van der Waals surface area contributed by atoms with Crippen LogP contribution in [0.2, 0.25) is 0 Å². The Labute approximate surface area is 110 Å². The van der Waals surface area contributed by atoms with Crippen LogP contribution in [0.4, 0.5) is 0 Å². The van der Waals surface area contributed by atoms with Crippen molar-refractivity contribution in [1.82, 2.24) is 15.2 Å². The van der Waals surface area contributed by atoms with E-state index in [1.165, 1.54) is 0 Å². The maximum absolute atomic E-state index is 5.56. The highest BCUT2D eigenvalue weighted by molar-refractivity contribution is 5.02. The van der Waals surface area contributed by atoms with E-state index >= 15 is 0 Å². The number of nitrogens with one attached hydrogen (secondary N) is 1. The summed E-state index contributed by atoms with van der Waals surface area (Å²) >= 11 is 0. The van der Waals surface area contributed by atoms with Gasteiger partial charge in [0, 0.05) is 37.9 Å². The van der Waals surface area contributed by atoms with E-state index in [4.69, 9.17) is 10.6 Å². The van der Waals surface area contributed by atoms with E-state index < -0.39 is 0 Å². The number of nitrogens with two attached hydrogens (primary N) is 1. The predicted molar refractivity (Wildman–Crippen MR) is 73.2 cm³/mol. The van der Waals surface area contributed by atoms with Crippen molar-refractivity contribution in [2.45, 2.75) is 52.1 Å². The lowest BCUT2D eigenvalue weighted by Gasteiger charge is -2.14. The van der Waals surface area contributed by atoms with E-state index in [0.717, 1.165) is 38.2 Å². The summed E-state index contributed by atoms with van der Waals surface area (Å²) in [5, 5.41) is 4.58. The summed E-state index contributed by atoms with van der Waals surface area (Å²) in [7, 11) is 0. The van der Waals surface area contributed by atoms with Crippen molar-refractivity contribution < 1.29 is 4.74 Å². The third-order valence-corrected chi connectivity index (χ3v) is 3.21. The summed E-state index contributed by atoms with van der Waals surface area (Å²) < 4.78 is 7.36. The Balaban J connectivity index is 2.46. The predicted octanol–water partition coefficient (Wildman–Crippen LogP) is 1.66. The van der Waals surface area contributed by atoms with Crippen molar-refractivity contribution in [2.75, 3.05) is 13.2 Å². The van der Waals surface area contributed by atoms with Crippen molar-refractivity contribution in [3.63, 3.8) is 0 Å². The zero-order valence-corrected chi connectivity index (χ0v) is 11.7. The topological polar surface area (TPSA) is 65.1 Å². The van der Waals surface area contributed by atoms with E-state index in [9.17, 15) is 0 Å². The summed E-state index contributed by atoms with van der Waals surface area (Å²) in [5.74, 6) is 5.56. The Kier molecular flexibility index (Phi) is 6.93. The van der Waals surface area contributed by atoms with Crippen LogP contribution in [0.3, 0.4) is 0 Å². The Bertz CT molecular complexity index is 327. The highest BCUT2D eigenvalue weighted by atomic mass is 16.5. The van der Waals surface area contributed by atoms with Crippen molar-refractivity contribution >= 4 is 0 Å². The van der Waals surface area contributed by atoms with E-state index in [0.29, 0.717) is 6.04 Å². The van der Waals surface area contributed by atoms with E-state index in [2.05, 4.69) is 30.4 Å². The number of rotatable bonds is 9. The van der Waals surface area contributed by atoms with Crippen LogP contribution in [0.25, 0.3) is 0 Å². The molecule has 0 saturated carbocycles. The second-order valence-electron chi connectivity index (χ2n) is 4.60. The number of hydrogen-bond acceptors (Lipinski definition) is 4. The number of hydrazine groups is 1. The van der Waals surface area contributed by atoms with Gasteiger partial charge in [0.15, 0.2) is 0 Å². The SMILES string of the molecule is CCOCCC(Cc1ccn(C(C)CC)n1)NN. The van der Waals surface area contributed by atoms with Gasteiger partial charge in [0.25, 0.3) is 0 Å². The van der Waals surface area contributed by atoms with Crippen LogP contribution >= 0.6 is 0 Å². The first-order chi connectivity index (χ1) is 8.71. The molecule has 5 nitrogen and oxygen atoms in total. The molecule has 0 aliphatic carbocycles. The lowest BCUT2D eigenvalue weighted by Crippen LogP contribution is -2.37. The largest absolute Gasteiger partial charge is 0.382 e. The molecule has 1 aromatic heterocycles. The molecule has 2 unspecified atom stereocenters. The van der Waals surface area contributed by atoms with Crippen molar-refractivity contribution in [2.24, 2.45) is 5.84 Å². The molecule has 3 N–H and O–H groups in total. The molecule has 5 heteroatoms. The molecule has 0 saturated heterocycles. The Hall–Kier alpha value is -0.910. The molecule has 0 radical (unpaired) electrons. The maximum Gasteiger partial charge on any atom is 0.0640 e. The molecule has 0 spiro atoms. The normalized spacial score (nSPS) is 14.7. The molecule has 0 aliphatic rings. The van der Waals surface area contributed by atoms with Gasteiger partial charge in [-0.15, -0.1) is 0 Å². The minimum absolute atomic E-state index is 0.219. The molecule has 104 valence electrons. The molecule has 0 aromatic carbocycles. The van der Waals surface area contributed by atoms with Gasteiger partial charge < -0.3 is 4.74 Å². The molecule has 0 amide bonds. The fraction of sp³-hybridized carbons (Fsp3) is 0.769. The maximum atomic E-state index is 5.56. The van der Waals surface area contributed by atoms with Crippen LogP contribution in [0, 0.1) is 0 Å². The summed E-state index contributed by atoms with van der Waals surface area (Å²) in [4.78, 5) is 0. The van der Waals surface area contributed by atoms with Crippen molar-refractivity contribution in [3.8, 4) is 0 Å². The highest BCUT2D eigenvalue weighted by Crippen LogP contribution is 2.10. The van der Waals surface area contributed by atoms with Crippen LogP contribution in [-0.4, -0.2) is 29.0 Å².